The van der Waals surface area contributed by atoms with Crippen molar-refractivity contribution in [2.45, 2.75) is 27.2 Å². The summed E-state index contributed by atoms with van der Waals surface area (Å²) in [5, 5.41) is 3.99. The van der Waals surface area contributed by atoms with Gasteiger partial charge in [-0.25, -0.2) is 0 Å². The molecule has 1 atom stereocenters. The summed E-state index contributed by atoms with van der Waals surface area (Å²) in [6.45, 7) is 6.05. The zero-order chi connectivity index (χ0) is 19.0. The first kappa shape index (κ1) is 18.7. The predicted octanol–water partition coefficient (Wildman–Crippen LogP) is 4.91. The first-order valence-corrected chi connectivity index (χ1v) is 9.16. The van der Waals surface area contributed by atoms with Gasteiger partial charge >= 0.3 is 0 Å². The molecule has 1 N–H and O–H groups in total. The van der Waals surface area contributed by atoms with Crippen molar-refractivity contribution in [1.82, 2.24) is 0 Å². The van der Waals surface area contributed by atoms with Crippen LogP contribution in [0, 0.1) is 26.7 Å². The molecule has 2 amide bonds. The van der Waals surface area contributed by atoms with Crippen LogP contribution in [0.2, 0.25) is 10.0 Å². The topological polar surface area (TPSA) is 49.4 Å². The Balaban J connectivity index is 1.79. The number of hydrogen-bond donors (Lipinski definition) is 1. The van der Waals surface area contributed by atoms with Crippen LogP contribution in [0.25, 0.3) is 0 Å². The molecule has 1 aliphatic rings. The lowest BCUT2D eigenvalue weighted by Crippen LogP contribution is -2.28. The molecule has 1 saturated heterocycles. The molecule has 0 spiro atoms. The molecule has 0 radical (unpaired) electrons. The second-order valence-electron chi connectivity index (χ2n) is 6.72. The van der Waals surface area contributed by atoms with Crippen molar-refractivity contribution in [3.63, 3.8) is 0 Å². The van der Waals surface area contributed by atoms with E-state index in [-0.39, 0.29) is 18.2 Å². The van der Waals surface area contributed by atoms with Crippen molar-refractivity contribution < 1.29 is 9.59 Å². The van der Waals surface area contributed by atoms with E-state index in [0.29, 0.717) is 22.3 Å². The van der Waals surface area contributed by atoms with E-state index in [4.69, 9.17) is 23.2 Å². The molecular formula is C20H20Cl2N2O2. The molecule has 6 heteroatoms. The van der Waals surface area contributed by atoms with Gasteiger partial charge in [-0.1, -0.05) is 35.3 Å². The molecule has 3 rings (SSSR count). The van der Waals surface area contributed by atoms with Gasteiger partial charge in [-0.15, -0.1) is 0 Å². The highest BCUT2D eigenvalue weighted by Crippen LogP contribution is 2.33. The largest absolute Gasteiger partial charge is 0.324 e. The summed E-state index contributed by atoms with van der Waals surface area (Å²) in [6, 6.07) is 9.21. The van der Waals surface area contributed by atoms with Crippen LogP contribution < -0.4 is 10.2 Å². The van der Waals surface area contributed by atoms with Crippen molar-refractivity contribution in [3.05, 3.63) is 57.1 Å². The predicted molar refractivity (Wildman–Crippen MR) is 106 cm³/mol. The van der Waals surface area contributed by atoms with Gasteiger partial charge in [0.1, 0.15) is 0 Å². The number of benzene rings is 2. The average molecular weight is 391 g/mol. The number of carbonyl (C=O) groups is 2. The van der Waals surface area contributed by atoms with Crippen LogP contribution in [0.5, 0.6) is 0 Å². The van der Waals surface area contributed by atoms with E-state index in [0.717, 1.165) is 22.4 Å². The average Bonchev–Trinajstić information content (AvgIpc) is 2.95. The summed E-state index contributed by atoms with van der Waals surface area (Å²) in [5.41, 5.74) is 4.12. The van der Waals surface area contributed by atoms with Gasteiger partial charge in [0.2, 0.25) is 11.8 Å². The van der Waals surface area contributed by atoms with Gasteiger partial charge in [-0.3, -0.25) is 9.59 Å². The fourth-order valence-corrected chi connectivity index (χ4v) is 3.84. The Morgan fingerprint density at radius 2 is 1.88 bits per heavy atom. The van der Waals surface area contributed by atoms with Gasteiger partial charge in [-0.2, -0.15) is 0 Å². The SMILES string of the molecule is Cc1cc(C)c(NC(=O)C2CC(=O)N(c3cccc(Cl)c3C)C2)c(Cl)c1. The van der Waals surface area contributed by atoms with Gasteiger partial charge < -0.3 is 10.2 Å². The molecule has 1 fully saturated rings. The van der Waals surface area contributed by atoms with E-state index in [9.17, 15) is 9.59 Å². The maximum atomic E-state index is 12.7. The maximum Gasteiger partial charge on any atom is 0.229 e. The lowest BCUT2D eigenvalue weighted by atomic mass is 10.1. The minimum atomic E-state index is -0.433. The van der Waals surface area contributed by atoms with E-state index < -0.39 is 5.92 Å². The van der Waals surface area contributed by atoms with Crippen molar-refractivity contribution in [2.75, 3.05) is 16.8 Å². The molecule has 0 aliphatic carbocycles. The van der Waals surface area contributed by atoms with Crippen LogP contribution in [0.1, 0.15) is 23.1 Å². The number of halogens is 2. The van der Waals surface area contributed by atoms with Gasteiger partial charge in [0, 0.05) is 23.7 Å². The molecule has 0 aromatic heterocycles. The fourth-order valence-electron chi connectivity index (χ4n) is 3.30. The standard InChI is InChI=1S/C20H20Cl2N2O2/c1-11-7-12(2)19(16(22)8-11)23-20(26)14-9-18(25)24(10-14)17-6-4-5-15(21)13(17)3/h4-8,14H,9-10H2,1-3H3,(H,23,26). The van der Waals surface area contributed by atoms with E-state index in [1.807, 2.05) is 39.0 Å². The number of nitrogens with zero attached hydrogens (tertiary/aromatic N) is 1. The highest BCUT2D eigenvalue weighted by Gasteiger charge is 2.36. The van der Waals surface area contributed by atoms with Crippen molar-refractivity contribution in [2.24, 2.45) is 5.92 Å². The third kappa shape index (κ3) is 3.57. The van der Waals surface area contributed by atoms with Crippen LogP contribution in [-0.4, -0.2) is 18.4 Å². The number of aryl methyl sites for hydroxylation is 2. The Labute approximate surface area is 163 Å². The number of hydrogen-bond acceptors (Lipinski definition) is 2. The fraction of sp³-hybridized carbons (Fsp3) is 0.300. The minimum Gasteiger partial charge on any atom is -0.324 e. The monoisotopic (exact) mass is 390 g/mol. The third-order valence-electron chi connectivity index (χ3n) is 4.71. The van der Waals surface area contributed by atoms with Gasteiger partial charge in [0.15, 0.2) is 0 Å². The van der Waals surface area contributed by atoms with E-state index in [1.165, 1.54) is 0 Å². The van der Waals surface area contributed by atoms with E-state index in [1.54, 1.807) is 17.0 Å². The number of nitrogens with one attached hydrogen (secondary N) is 1. The van der Waals surface area contributed by atoms with E-state index in [2.05, 4.69) is 5.32 Å². The molecule has 26 heavy (non-hydrogen) atoms. The Morgan fingerprint density at radius 3 is 2.58 bits per heavy atom. The second-order valence-corrected chi connectivity index (χ2v) is 7.53. The molecule has 0 bridgehead atoms. The van der Waals surface area contributed by atoms with Gasteiger partial charge in [-0.05, 0) is 55.7 Å². The number of anilines is 2. The smallest absolute Gasteiger partial charge is 0.229 e. The Bertz CT molecular complexity index is 872. The highest BCUT2D eigenvalue weighted by molar-refractivity contribution is 6.34. The zero-order valence-electron chi connectivity index (χ0n) is 14.9. The van der Waals surface area contributed by atoms with Crippen LogP contribution in [-0.2, 0) is 9.59 Å². The molecule has 2 aromatic carbocycles. The Morgan fingerprint density at radius 1 is 1.15 bits per heavy atom. The number of rotatable bonds is 3. The summed E-state index contributed by atoms with van der Waals surface area (Å²) >= 11 is 12.4. The van der Waals surface area contributed by atoms with E-state index >= 15 is 0 Å². The molecule has 136 valence electrons. The van der Waals surface area contributed by atoms with Crippen LogP contribution in [0.15, 0.2) is 30.3 Å². The molecular weight excluding hydrogens is 371 g/mol. The summed E-state index contributed by atoms with van der Waals surface area (Å²) in [7, 11) is 0. The molecule has 2 aromatic rings. The molecule has 4 nitrogen and oxygen atoms in total. The van der Waals surface area contributed by atoms with Gasteiger partial charge in [0.25, 0.3) is 0 Å². The summed E-state index contributed by atoms with van der Waals surface area (Å²) in [5.74, 6) is -0.714. The van der Waals surface area contributed by atoms with Crippen molar-refractivity contribution in [1.29, 1.82) is 0 Å². The highest BCUT2D eigenvalue weighted by atomic mass is 35.5. The molecule has 1 heterocycles. The second kappa shape index (κ2) is 7.29. The van der Waals surface area contributed by atoms with Crippen LogP contribution in [0.3, 0.4) is 0 Å². The Hall–Kier alpha value is -2.04. The molecule has 1 unspecified atom stereocenters. The molecule has 1 aliphatic heterocycles. The summed E-state index contributed by atoms with van der Waals surface area (Å²) < 4.78 is 0. The zero-order valence-corrected chi connectivity index (χ0v) is 16.4. The maximum absolute atomic E-state index is 12.7. The van der Waals surface area contributed by atoms with Crippen molar-refractivity contribution >= 4 is 46.4 Å². The summed E-state index contributed by atoms with van der Waals surface area (Å²) in [6.07, 6.45) is 0.167. The number of carbonyl (C=O) groups excluding carboxylic acids is 2. The number of amides is 2. The Kier molecular flexibility index (Phi) is 5.26. The lowest BCUT2D eigenvalue weighted by molar-refractivity contribution is -0.122. The quantitative estimate of drug-likeness (QED) is 0.808. The summed E-state index contributed by atoms with van der Waals surface area (Å²) in [4.78, 5) is 26.8. The molecule has 0 saturated carbocycles. The van der Waals surface area contributed by atoms with Crippen molar-refractivity contribution in [3.8, 4) is 0 Å². The first-order valence-electron chi connectivity index (χ1n) is 8.41. The minimum absolute atomic E-state index is 0.0813. The van der Waals surface area contributed by atoms with Gasteiger partial charge in [0.05, 0.1) is 16.6 Å². The first-order chi connectivity index (χ1) is 12.3. The van der Waals surface area contributed by atoms with Crippen LogP contribution >= 0.6 is 23.2 Å². The lowest BCUT2D eigenvalue weighted by Gasteiger charge is -2.20. The van der Waals surface area contributed by atoms with Crippen LogP contribution in [0.4, 0.5) is 11.4 Å². The third-order valence-corrected chi connectivity index (χ3v) is 5.41. The normalized spacial score (nSPS) is 16.9.